The number of thiocarbonyl (C=S) groups is 1. The van der Waals surface area contributed by atoms with Crippen LogP contribution in [0.15, 0.2) is 0 Å². The summed E-state index contributed by atoms with van der Waals surface area (Å²) in [5, 5.41) is 8.89. The quantitative estimate of drug-likeness (QED) is 0.559. The Balaban J connectivity index is 4.03. The van der Waals surface area contributed by atoms with Crippen LogP contribution in [0, 0.1) is 5.41 Å². The number of hydrogen-bond donors (Lipinski definition) is 3. The first-order valence-corrected chi connectivity index (χ1v) is 4.52. The Morgan fingerprint density at radius 3 is 2.23 bits per heavy atom. The minimum absolute atomic E-state index is 0.00102. The zero-order valence-electron chi connectivity index (χ0n) is 8.52. The van der Waals surface area contributed by atoms with Crippen molar-refractivity contribution in [2.24, 2.45) is 5.41 Å². The van der Waals surface area contributed by atoms with Crippen LogP contribution in [0.25, 0.3) is 0 Å². The van der Waals surface area contributed by atoms with Crippen LogP contribution in [0.4, 0.5) is 0 Å². The first kappa shape index (κ1) is 12.2. The second-order valence-corrected chi connectivity index (χ2v) is 3.80. The van der Waals surface area contributed by atoms with E-state index in [0.717, 1.165) is 0 Å². The van der Waals surface area contributed by atoms with Crippen molar-refractivity contribution in [1.29, 1.82) is 0 Å². The molecule has 0 spiro atoms. The van der Waals surface area contributed by atoms with Crippen LogP contribution in [-0.2, 0) is 4.79 Å². The summed E-state index contributed by atoms with van der Waals surface area (Å²) in [5.41, 5.74) is -0.449. The summed E-state index contributed by atoms with van der Waals surface area (Å²) in [5.74, 6) is -0.00102. The van der Waals surface area contributed by atoms with Gasteiger partial charge >= 0.3 is 0 Å². The third kappa shape index (κ3) is 4.07. The Morgan fingerprint density at radius 1 is 1.31 bits per heavy atom. The molecule has 1 amide bonds. The van der Waals surface area contributed by atoms with E-state index in [1.807, 2.05) is 13.8 Å². The highest BCUT2D eigenvalue weighted by Gasteiger charge is 2.26. The Hall–Kier alpha value is -0.840. The van der Waals surface area contributed by atoms with Crippen molar-refractivity contribution in [1.82, 2.24) is 16.0 Å². The van der Waals surface area contributed by atoms with Gasteiger partial charge in [0.15, 0.2) is 5.11 Å². The van der Waals surface area contributed by atoms with Crippen LogP contribution in [0.5, 0.6) is 0 Å². The van der Waals surface area contributed by atoms with E-state index < -0.39 is 5.41 Å². The maximum Gasteiger partial charge on any atom is 0.227 e. The van der Waals surface area contributed by atoms with Gasteiger partial charge in [-0.3, -0.25) is 4.79 Å². The van der Waals surface area contributed by atoms with Crippen LogP contribution < -0.4 is 16.0 Å². The molecule has 0 bridgehead atoms. The Bertz CT molecular complexity index is 204. The average Bonchev–Trinajstić information content (AvgIpc) is 2.12. The molecule has 5 heteroatoms. The van der Waals surface area contributed by atoms with Crippen molar-refractivity contribution in [3.8, 4) is 0 Å². The van der Waals surface area contributed by atoms with Gasteiger partial charge < -0.3 is 16.0 Å². The second kappa shape index (κ2) is 5.01. The lowest BCUT2D eigenvalue weighted by atomic mass is 9.92. The smallest absolute Gasteiger partial charge is 0.227 e. The van der Waals surface area contributed by atoms with Crippen molar-refractivity contribution in [3.63, 3.8) is 0 Å². The third-order valence-corrected chi connectivity index (χ3v) is 2.11. The summed E-state index contributed by atoms with van der Waals surface area (Å²) in [6.07, 6.45) is 0. The Kier molecular flexibility index (Phi) is 4.69. The van der Waals surface area contributed by atoms with Gasteiger partial charge in [0.1, 0.15) is 0 Å². The molecular formula is C8H17N3OS. The largest absolute Gasteiger partial charge is 0.366 e. The molecule has 13 heavy (non-hydrogen) atoms. The highest BCUT2D eigenvalue weighted by Crippen LogP contribution is 2.12. The number of nitrogens with one attached hydrogen (secondary N) is 3. The van der Waals surface area contributed by atoms with Crippen LogP contribution in [-0.4, -0.2) is 31.7 Å². The molecule has 0 saturated carbocycles. The van der Waals surface area contributed by atoms with E-state index in [1.54, 1.807) is 14.1 Å². The van der Waals surface area contributed by atoms with Crippen LogP contribution in [0.1, 0.15) is 13.8 Å². The monoisotopic (exact) mass is 203 g/mol. The fourth-order valence-electron chi connectivity index (χ4n) is 0.808. The predicted octanol–water partition coefficient (Wildman–Crippen LogP) is -0.147. The van der Waals surface area contributed by atoms with Crippen molar-refractivity contribution >= 4 is 23.2 Å². The maximum atomic E-state index is 11.3. The fourth-order valence-corrected chi connectivity index (χ4v) is 0.880. The molecule has 0 radical (unpaired) electrons. The normalized spacial score (nSPS) is 10.5. The molecule has 4 nitrogen and oxygen atoms in total. The van der Waals surface area contributed by atoms with Crippen molar-refractivity contribution in [3.05, 3.63) is 0 Å². The molecular weight excluding hydrogens is 186 g/mol. The lowest BCUT2D eigenvalue weighted by Crippen LogP contribution is -2.45. The lowest BCUT2D eigenvalue weighted by molar-refractivity contribution is -0.128. The van der Waals surface area contributed by atoms with Crippen LogP contribution in [0.3, 0.4) is 0 Å². The summed E-state index contributed by atoms with van der Waals surface area (Å²) >= 11 is 4.89. The van der Waals surface area contributed by atoms with Crippen molar-refractivity contribution < 1.29 is 4.79 Å². The number of rotatable bonds is 3. The maximum absolute atomic E-state index is 11.3. The molecule has 0 aliphatic carbocycles. The SMILES string of the molecule is CNC(=O)C(C)(C)CNC(=S)NC. The molecule has 0 aromatic rings. The van der Waals surface area contributed by atoms with Crippen molar-refractivity contribution in [2.45, 2.75) is 13.8 Å². The summed E-state index contributed by atoms with van der Waals surface area (Å²) in [4.78, 5) is 11.3. The van der Waals surface area contributed by atoms with E-state index >= 15 is 0 Å². The molecule has 0 heterocycles. The predicted molar refractivity (Wildman–Crippen MR) is 57.5 cm³/mol. The van der Waals surface area contributed by atoms with Crippen LogP contribution in [0.2, 0.25) is 0 Å². The second-order valence-electron chi connectivity index (χ2n) is 3.40. The molecule has 0 aromatic carbocycles. The van der Waals surface area contributed by atoms with E-state index in [-0.39, 0.29) is 5.91 Å². The summed E-state index contributed by atoms with van der Waals surface area (Å²) < 4.78 is 0. The number of carbonyl (C=O) groups is 1. The first-order valence-electron chi connectivity index (χ1n) is 4.12. The standard InChI is InChI=1S/C8H17N3OS/c1-8(2,6(12)9-3)5-11-7(13)10-4/h5H2,1-4H3,(H,9,12)(H2,10,11,13). The minimum Gasteiger partial charge on any atom is -0.366 e. The van der Waals surface area contributed by atoms with E-state index in [2.05, 4.69) is 16.0 Å². The van der Waals surface area contributed by atoms with Gasteiger partial charge in [0.05, 0.1) is 5.41 Å². The first-order chi connectivity index (χ1) is 5.94. The van der Waals surface area contributed by atoms with E-state index in [1.165, 1.54) is 0 Å². The average molecular weight is 203 g/mol. The summed E-state index contributed by atoms with van der Waals surface area (Å²) in [6, 6.07) is 0. The molecule has 76 valence electrons. The van der Waals surface area contributed by atoms with E-state index in [9.17, 15) is 4.79 Å². The molecule has 0 aliphatic heterocycles. The Morgan fingerprint density at radius 2 is 1.85 bits per heavy atom. The molecule has 0 saturated heterocycles. The van der Waals surface area contributed by atoms with E-state index in [4.69, 9.17) is 12.2 Å². The number of amides is 1. The third-order valence-electron chi connectivity index (χ3n) is 1.76. The molecule has 3 N–H and O–H groups in total. The highest BCUT2D eigenvalue weighted by molar-refractivity contribution is 7.80. The molecule has 0 aromatic heterocycles. The number of hydrogen-bond acceptors (Lipinski definition) is 2. The fraction of sp³-hybridized carbons (Fsp3) is 0.750. The molecule has 0 rings (SSSR count). The molecule has 0 aliphatic rings. The molecule has 0 unspecified atom stereocenters. The van der Waals surface area contributed by atoms with Gasteiger partial charge in [-0.25, -0.2) is 0 Å². The summed E-state index contributed by atoms with van der Waals surface area (Å²) in [7, 11) is 3.36. The topological polar surface area (TPSA) is 53.2 Å². The van der Waals surface area contributed by atoms with Gasteiger partial charge in [0.25, 0.3) is 0 Å². The van der Waals surface area contributed by atoms with Gasteiger partial charge in [0.2, 0.25) is 5.91 Å². The zero-order chi connectivity index (χ0) is 10.5. The van der Waals surface area contributed by atoms with Crippen LogP contribution >= 0.6 is 12.2 Å². The summed E-state index contributed by atoms with van der Waals surface area (Å²) in [6.45, 7) is 4.24. The Labute approximate surface area is 84.5 Å². The zero-order valence-corrected chi connectivity index (χ0v) is 9.34. The molecule has 0 fully saturated rings. The van der Waals surface area contributed by atoms with Gasteiger partial charge in [-0.1, -0.05) is 0 Å². The van der Waals surface area contributed by atoms with Gasteiger partial charge in [-0.2, -0.15) is 0 Å². The lowest BCUT2D eigenvalue weighted by Gasteiger charge is -2.23. The minimum atomic E-state index is -0.449. The van der Waals surface area contributed by atoms with Gasteiger partial charge in [-0.05, 0) is 26.1 Å². The van der Waals surface area contributed by atoms with Crippen molar-refractivity contribution in [2.75, 3.05) is 20.6 Å². The van der Waals surface area contributed by atoms with Gasteiger partial charge in [0, 0.05) is 20.6 Å². The van der Waals surface area contributed by atoms with E-state index in [0.29, 0.717) is 11.7 Å². The molecule has 0 atom stereocenters. The highest BCUT2D eigenvalue weighted by atomic mass is 32.1. The van der Waals surface area contributed by atoms with Gasteiger partial charge in [-0.15, -0.1) is 0 Å². The number of carbonyl (C=O) groups excluding carboxylic acids is 1.